The van der Waals surface area contributed by atoms with E-state index in [1.807, 2.05) is 0 Å². The highest BCUT2D eigenvalue weighted by Crippen LogP contribution is 2.03. The van der Waals surface area contributed by atoms with Crippen molar-refractivity contribution in [3.8, 4) is 0 Å². The van der Waals surface area contributed by atoms with Crippen LogP contribution < -0.4 is 0 Å². The predicted octanol–water partition coefficient (Wildman–Crippen LogP) is 2.57. The van der Waals surface area contributed by atoms with Crippen molar-refractivity contribution in [3.05, 3.63) is 0 Å². The molecule has 0 radical (unpaired) electrons. The predicted molar refractivity (Wildman–Crippen MR) is 47.4 cm³/mol. The SMILES string of the molecule is CCCCCCN(Cl)C(C)=O. The van der Waals surface area contributed by atoms with E-state index >= 15 is 0 Å². The van der Waals surface area contributed by atoms with E-state index in [0.717, 1.165) is 12.8 Å². The van der Waals surface area contributed by atoms with Gasteiger partial charge in [0.1, 0.15) is 0 Å². The lowest BCUT2D eigenvalue weighted by molar-refractivity contribution is -0.124. The molecule has 66 valence electrons. The molecule has 0 saturated heterocycles. The number of nitrogens with zero attached hydrogens (tertiary/aromatic N) is 1. The van der Waals surface area contributed by atoms with Crippen molar-refractivity contribution in [2.45, 2.75) is 39.5 Å². The zero-order valence-corrected chi connectivity index (χ0v) is 8.02. The maximum absolute atomic E-state index is 10.6. The Labute approximate surface area is 73.6 Å². The van der Waals surface area contributed by atoms with Gasteiger partial charge in [-0.25, -0.2) is 0 Å². The Hall–Kier alpha value is -0.240. The van der Waals surface area contributed by atoms with Gasteiger partial charge in [0.15, 0.2) is 0 Å². The highest BCUT2D eigenvalue weighted by Gasteiger charge is 2.02. The summed E-state index contributed by atoms with van der Waals surface area (Å²) in [6.45, 7) is 4.31. The fourth-order valence-corrected chi connectivity index (χ4v) is 0.954. The molecule has 0 heterocycles. The lowest BCUT2D eigenvalue weighted by Crippen LogP contribution is -2.18. The average Bonchev–Trinajstić information content (AvgIpc) is 1.97. The monoisotopic (exact) mass is 177 g/mol. The standard InChI is InChI=1S/C8H16ClNO/c1-3-4-5-6-7-10(9)8(2)11/h3-7H2,1-2H3. The molecule has 1 amide bonds. The average molecular weight is 178 g/mol. The lowest BCUT2D eigenvalue weighted by atomic mass is 10.2. The van der Waals surface area contributed by atoms with Gasteiger partial charge in [-0.1, -0.05) is 26.2 Å². The molecule has 0 aliphatic carbocycles. The lowest BCUT2D eigenvalue weighted by Gasteiger charge is -2.09. The van der Waals surface area contributed by atoms with E-state index in [1.54, 1.807) is 0 Å². The Morgan fingerprint density at radius 3 is 2.45 bits per heavy atom. The summed E-state index contributed by atoms with van der Waals surface area (Å²) in [5.41, 5.74) is 0. The molecule has 0 aliphatic heterocycles. The molecule has 3 heteroatoms. The van der Waals surface area contributed by atoms with Crippen LogP contribution in [-0.4, -0.2) is 16.9 Å². The van der Waals surface area contributed by atoms with Crippen molar-refractivity contribution in [2.24, 2.45) is 0 Å². The molecule has 0 unspecified atom stereocenters. The van der Waals surface area contributed by atoms with Crippen LogP contribution in [0.1, 0.15) is 39.5 Å². The van der Waals surface area contributed by atoms with Gasteiger partial charge in [0.05, 0.1) is 0 Å². The van der Waals surface area contributed by atoms with Gasteiger partial charge in [-0.15, -0.1) is 0 Å². The molecule has 0 aromatic rings. The van der Waals surface area contributed by atoms with Crippen LogP contribution in [0.15, 0.2) is 0 Å². The van der Waals surface area contributed by atoms with Gasteiger partial charge >= 0.3 is 0 Å². The Kier molecular flexibility index (Phi) is 6.33. The quantitative estimate of drug-likeness (QED) is 0.467. The molecular weight excluding hydrogens is 162 g/mol. The summed E-state index contributed by atoms with van der Waals surface area (Å²) in [6, 6.07) is 0. The minimum Gasteiger partial charge on any atom is -0.274 e. The minimum absolute atomic E-state index is 0.0665. The van der Waals surface area contributed by atoms with Crippen LogP contribution in [0.5, 0.6) is 0 Å². The maximum atomic E-state index is 10.6. The molecule has 0 fully saturated rings. The van der Waals surface area contributed by atoms with E-state index in [-0.39, 0.29) is 5.91 Å². The fraction of sp³-hybridized carbons (Fsp3) is 0.875. The van der Waals surface area contributed by atoms with E-state index in [9.17, 15) is 4.79 Å². The summed E-state index contributed by atoms with van der Waals surface area (Å²) in [6.07, 6.45) is 4.61. The first-order valence-corrected chi connectivity index (χ1v) is 4.46. The van der Waals surface area contributed by atoms with E-state index in [0.29, 0.717) is 6.54 Å². The van der Waals surface area contributed by atoms with Crippen molar-refractivity contribution >= 4 is 17.7 Å². The smallest absolute Gasteiger partial charge is 0.233 e. The van der Waals surface area contributed by atoms with Crippen molar-refractivity contribution in [1.29, 1.82) is 0 Å². The Morgan fingerprint density at radius 1 is 1.36 bits per heavy atom. The van der Waals surface area contributed by atoms with Crippen LogP contribution in [0.2, 0.25) is 0 Å². The van der Waals surface area contributed by atoms with E-state index in [4.69, 9.17) is 11.8 Å². The van der Waals surface area contributed by atoms with Crippen molar-refractivity contribution in [2.75, 3.05) is 6.54 Å². The molecule has 2 nitrogen and oxygen atoms in total. The number of amides is 1. The first-order chi connectivity index (χ1) is 5.18. The van der Waals surface area contributed by atoms with E-state index < -0.39 is 0 Å². The van der Waals surface area contributed by atoms with Gasteiger partial charge in [0, 0.05) is 25.2 Å². The fourth-order valence-electron chi connectivity index (χ4n) is 0.835. The molecule has 0 spiro atoms. The highest BCUT2D eigenvalue weighted by molar-refractivity contribution is 6.20. The topological polar surface area (TPSA) is 20.3 Å². The summed E-state index contributed by atoms with van der Waals surface area (Å²) in [5.74, 6) is -0.0665. The molecule has 0 N–H and O–H groups in total. The van der Waals surface area contributed by atoms with Crippen molar-refractivity contribution < 1.29 is 4.79 Å². The number of carbonyl (C=O) groups is 1. The third-order valence-corrected chi connectivity index (χ3v) is 1.96. The van der Waals surface area contributed by atoms with E-state index in [2.05, 4.69) is 6.92 Å². The van der Waals surface area contributed by atoms with Gasteiger partial charge in [-0.05, 0) is 6.42 Å². The van der Waals surface area contributed by atoms with Crippen LogP contribution in [0.3, 0.4) is 0 Å². The molecule has 0 bridgehead atoms. The molecule has 0 aliphatic rings. The summed E-state index contributed by atoms with van der Waals surface area (Å²) in [7, 11) is 0. The molecular formula is C8H16ClNO. The largest absolute Gasteiger partial charge is 0.274 e. The molecule has 0 atom stereocenters. The van der Waals surface area contributed by atoms with Gasteiger partial charge in [0.2, 0.25) is 5.91 Å². The van der Waals surface area contributed by atoms with Crippen LogP contribution in [-0.2, 0) is 4.79 Å². The first-order valence-electron chi connectivity index (χ1n) is 4.12. The van der Waals surface area contributed by atoms with Gasteiger partial charge in [-0.2, -0.15) is 0 Å². The molecule has 0 saturated carbocycles. The summed E-state index contributed by atoms with van der Waals surface area (Å²) >= 11 is 5.58. The Balaban J connectivity index is 3.17. The normalized spacial score (nSPS) is 9.73. The first kappa shape index (κ1) is 10.8. The molecule has 0 rings (SSSR count). The number of halogens is 1. The van der Waals surface area contributed by atoms with Crippen molar-refractivity contribution in [3.63, 3.8) is 0 Å². The summed E-state index contributed by atoms with van der Waals surface area (Å²) < 4.78 is 1.25. The third-order valence-electron chi connectivity index (χ3n) is 1.55. The van der Waals surface area contributed by atoms with Crippen molar-refractivity contribution in [1.82, 2.24) is 4.42 Å². The van der Waals surface area contributed by atoms with Gasteiger partial charge in [-0.3, -0.25) is 9.21 Å². The number of carbonyl (C=O) groups excluding carboxylic acids is 1. The maximum Gasteiger partial charge on any atom is 0.233 e. The van der Waals surface area contributed by atoms with E-state index in [1.165, 1.54) is 24.2 Å². The highest BCUT2D eigenvalue weighted by atomic mass is 35.5. The Morgan fingerprint density at radius 2 is 2.00 bits per heavy atom. The van der Waals surface area contributed by atoms with Crippen LogP contribution in [0.25, 0.3) is 0 Å². The van der Waals surface area contributed by atoms with Crippen LogP contribution in [0.4, 0.5) is 0 Å². The summed E-state index contributed by atoms with van der Waals surface area (Å²) in [5, 5.41) is 0. The second-order valence-corrected chi connectivity index (χ2v) is 3.07. The Bertz CT molecular complexity index is 117. The number of hydrogen-bond acceptors (Lipinski definition) is 1. The number of rotatable bonds is 5. The van der Waals surface area contributed by atoms with Gasteiger partial charge in [0.25, 0.3) is 0 Å². The zero-order chi connectivity index (χ0) is 8.69. The second-order valence-electron chi connectivity index (χ2n) is 2.67. The summed E-state index contributed by atoms with van der Waals surface area (Å²) in [4.78, 5) is 10.6. The number of hydrogen-bond donors (Lipinski definition) is 0. The minimum atomic E-state index is -0.0665. The molecule has 0 aromatic heterocycles. The van der Waals surface area contributed by atoms with Crippen LogP contribution >= 0.6 is 11.8 Å². The van der Waals surface area contributed by atoms with Gasteiger partial charge < -0.3 is 0 Å². The molecule has 0 aromatic carbocycles. The third kappa shape index (κ3) is 6.17. The number of unbranched alkanes of at least 4 members (excludes halogenated alkanes) is 3. The second kappa shape index (κ2) is 6.47. The zero-order valence-electron chi connectivity index (χ0n) is 7.27. The molecule has 11 heavy (non-hydrogen) atoms. The van der Waals surface area contributed by atoms with Crippen LogP contribution in [0, 0.1) is 0 Å².